The van der Waals surface area contributed by atoms with E-state index in [9.17, 15) is 0 Å². The molecule has 2 rings (SSSR count). The monoisotopic (exact) mass is 246 g/mol. The highest BCUT2D eigenvalue weighted by atomic mass is 16.5. The summed E-state index contributed by atoms with van der Waals surface area (Å²) in [5.41, 5.74) is 1.36. The van der Waals surface area contributed by atoms with E-state index in [1.807, 2.05) is 6.07 Å². The summed E-state index contributed by atoms with van der Waals surface area (Å²) < 4.78 is 5.25. The first-order valence-corrected chi connectivity index (χ1v) is 6.16. The number of benzene rings is 1. The van der Waals surface area contributed by atoms with Gasteiger partial charge in [-0.25, -0.2) is 4.99 Å². The van der Waals surface area contributed by atoms with Gasteiger partial charge in [0, 0.05) is 0 Å². The molecule has 1 aliphatic heterocycles. The summed E-state index contributed by atoms with van der Waals surface area (Å²) in [5.74, 6) is 5.48. The third kappa shape index (κ3) is 3.29. The van der Waals surface area contributed by atoms with Crippen LogP contribution in [0.5, 0.6) is 0 Å². The molecule has 0 saturated carbocycles. The molecule has 0 aliphatic carbocycles. The van der Waals surface area contributed by atoms with E-state index in [1.54, 1.807) is 0 Å². The van der Waals surface area contributed by atoms with Crippen LogP contribution in [0.2, 0.25) is 0 Å². The van der Waals surface area contributed by atoms with Gasteiger partial charge < -0.3 is 10.6 Å². The Kier molecular flexibility index (Phi) is 4.28. The fraction of sp³-hybridized carbons (Fsp3) is 0.462. The van der Waals surface area contributed by atoms with Gasteiger partial charge in [-0.3, -0.25) is 0 Å². The van der Waals surface area contributed by atoms with Crippen LogP contribution in [0.15, 0.2) is 45.7 Å². The Hall–Kier alpha value is -1.91. The van der Waals surface area contributed by atoms with E-state index in [0.29, 0.717) is 18.5 Å². The summed E-state index contributed by atoms with van der Waals surface area (Å²) in [4.78, 5) is 4.30. The van der Waals surface area contributed by atoms with Gasteiger partial charge in [-0.05, 0) is 24.3 Å². The van der Waals surface area contributed by atoms with Crippen molar-refractivity contribution in [1.82, 2.24) is 0 Å². The molecule has 0 fully saturated rings. The lowest BCUT2D eigenvalue weighted by molar-refractivity contribution is 0.303. The molecule has 0 radical (unpaired) electrons. The second-order valence-corrected chi connectivity index (χ2v) is 4.48. The summed E-state index contributed by atoms with van der Waals surface area (Å²) in [6, 6.07) is 11.0. The number of hydrogen-bond donors (Lipinski definition) is 1. The van der Waals surface area contributed by atoms with Gasteiger partial charge in [0.2, 0.25) is 0 Å². The molecule has 0 saturated heterocycles. The van der Waals surface area contributed by atoms with E-state index >= 15 is 0 Å². The van der Waals surface area contributed by atoms with Gasteiger partial charge in [0.1, 0.15) is 6.61 Å². The topological polar surface area (TPSA) is 72.3 Å². The molecular weight excluding hydrogens is 228 g/mol. The van der Waals surface area contributed by atoms with E-state index < -0.39 is 0 Å². The lowest BCUT2D eigenvalue weighted by atomic mass is 9.94. The van der Waals surface area contributed by atoms with Gasteiger partial charge in [-0.2, -0.15) is 0 Å². The van der Waals surface area contributed by atoms with Gasteiger partial charge >= 0.3 is 6.02 Å². The number of ether oxygens (including phenoxy) is 1. The minimum Gasteiger partial charge on any atom is -0.460 e. The van der Waals surface area contributed by atoms with Crippen molar-refractivity contribution in [2.24, 2.45) is 21.2 Å². The maximum Gasteiger partial charge on any atom is 0.332 e. The van der Waals surface area contributed by atoms with E-state index in [1.165, 1.54) is 5.56 Å². The first kappa shape index (κ1) is 12.5. The molecule has 0 aromatic heterocycles. The number of aliphatic imine (C=N–C) groups is 1. The zero-order valence-electron chi connectivity index (χ0n) is 10.5. The molecule has 96 valence electrons. The van der Waals surface area contributed by atoms with Crippen LogP contribution < -0.4 is 5.84 Å². The van der Waals surface area contributed by atoms with Crippen molar-refractivity contribution in [3.8, 4) is 0 Å². The summed E-state index contributed by atoms with van der Waals surface area (Å²) in [5, 5.41) is 6.75. The van der Waals surface area contributed by atoms with Crippen molar-refractivity contribution in [3.63, 3.8) is 0 Å². The molecule has 18 heavy (non-hydrogen) atoms. The first-order valence-electron chi connectivity index (χ1n) is 6.16. The van der Waals surface area contributed by atoms with Crippen LogP contribution in [0.4, 0.5) is 0 Å². The van der Waals surface area contributed by atoms with E-state index in [2.05, 4.69) is 46.5 Å². The fourth-order valence-corrected chi connectivity index (χ4v) is 2.04. The second kappa shape index (κ2) is 6.14. The van der Waals surface area contributed by atoms with Crippen molar-refractivity contribution in [2.75, 3.05) is 6.61 Å². The van der Waals surface area contributed by atoms with Crippen LogP contribution in [0.25, 0.3) is 0 Å². The molecule has 2 unspecified atom stereocenters. The normalized spacial score (nSPS) is 20.7. The van der Waals surface area contributed by atoms with Crippen molar-refractivity contribution < 1.29 is 4.74 Å². The third-order valence-corrected chi connectivity index (χ3v) is 3.14. The molecule has 2 atom stereocenters. The highest BCUT2D eigenvalue weighted by Gasteiger charge is 2.19. The van der Waals surface area contributed by atoms with Crippen molar-refractivity contribution >= 4 is 6.02 Å². The third-order valence-electron chi connectivity index (χ3n) is 3.14. The summed E-state index contributed by atoms with van der Waals surface area (Å²) in [6.07, 6.45) is 2.06. The maximum absolute atomic E-state index is 5.25. The molecule has 2 N–H and O–H groups in total. The van der Waals surface area contributed by atoms with Crippen LogP contribution in [0.1, 0.15) is 31.2 Å². The first-order chi connectivity index (χ1) is 8.79. The van der Waals surface area contributed by atoms with Crippen molar-refractivity contribution in [3.05, 3.63) is 35.9 Å². The van der Waals surface area contributed by atoms with Crippen LogP contribution in [0.3, 0.4) is 0 Å². The number of rotatable bonds is 4. The van der Waals surface area contributed by atoms with Crippen molar-refractivity contribution in [1.29, 1.82) is 0 Å². The Morgan fingerprint density at radius 3 is 2.94 bits per heavy atom. The molecule has 0 amide bonds. The molecule has 1 aromatic carbocycles. The Morgan fingerprint density at radius 1 is 1.44 bits per heavy atom. The van der Waals surface area contributed by atoms with E-state index in [0.717, 1.165) is 12.8 Å². The van der Waals surface area contributed by atoms with Gasteiger partial charge in [0.15, 0.2) is 0 Å². The Labute approximate surface area is 107 Å². The number of amidine groups is 1. The standard InChI is InChI=1S/C13H18N4O/c1-10(11-5-3-2-4-6-11)7-8-12-9-18-13(15-12)16-17-14/h2-6,10,12H,7-9H2,1H3,(H2,14,15,16). The van der Waals surface area contributed by atoms with Crippen LogP contribution in [-0.4, -0.2) is 18.7 Å². The molecule has 5 heteroatoms. The quantitative estimate of drug-likeness (QED) is 0.504. The van der Waals surface area contributed by atoms with Gasteiger partial charge in [0.25, 0.3) is 0 Å². The van der Waals surface area contributed by atoms with Crippen LogP contribution in [-0.2, 0) is 4.74 Å². The summed E-state index contributed by atoms with van der Waals surface area (Å²) in [7, 11) is 0. The molecule has 1 heterocycles. The Balaban J connectivity index is 1.82. The van der Waals surface area contributed by atoms with Crippen LogP contribution >= 0.6 is 0 Å². The Bertz CT molecular complexity index is 430. The summed E-state index contributed by atoms with van der Waals surface area (Å²) >= 11 is 0. The largest absolute Gasteiger partial charge is 0.460 e. The van der Waals surface area contributed by atoms with Gasteiger partial charge in [-0.15, -0.1) is 0 Å². The maximum atomic E-state index is 5.25. The molecule has 1 aromatic rings. The number of nitrogens with zero attached hydrogens (tertiary/aromatic N) is 3. The predicted molar refractivity (Wildman–Crippen MR) is 70.3 cm³/mol. The number of hydrogen-bond acceptors (Lipinski definition) is 4. The lowest BCUT2D eigenvalue weighted by Crippen LogP contribution is -2.07. The highest BCUT2D eigenvalue weighted by Crippen LogP contribution is 2.23. The zero-order chi connectivity index (χ0) is 12.8. The lowest BCUT2D eigenvalue weighted by Gasteiger charge is -2.12. The smallest absolute Gasteiger partial charge is 0.332 e. The minimum absolute atomic E-state index is 0.177. The van der Waals surface area contributed by atoms with Gasteiger partial charge in [-0.1, -0.05) is 47.6 Å². The fourth-order valence-electron chi connectivity index (χ4n) is 2.04. The Morgan fingerprint density at radius 2 is 2.22 bits per heavy atom. The highest BCUT2D eigenvalue weighted by molar-refractivity contribution is 5.75. The minimum atomic E-state index is 0.177. The average molecular weight is 246 g/mol. The molecule has 0 bridgehead atoms. The average Bonchev–Trinajstić information content (AvgIpc) is 2.85. The van der Waals surface area contributed by atoms with Gasteiger partial charge in [0.05, 0.1) is 6.04 Å². The van der Waals surface area contributed by atoms with Crippen LogP contribution in [0, 0.1) is 0 Å². The molecule has 0 spiro atoms. The molecule has 1 aliphatic rings. The van der Waals surface area contributed by atoms with E-state index in [4.69, 9.17) is 10.6 Å². The number of nitrogens with two attached hydrogens (primary N) is 1. The SMILES string of the molecule is CC(CCC1COC(N=NN)=N1)c1ccccc1. The summed E-state index contributed by atoms with van der Waals surface area (Å²) in [6.45, 7) is 2.81. The predicted octanol–water partition coefficient (Wildman–Crippen LogP) is 2.65. The van der Waals surface area contributed by atoms with Crippen molar-refractivity contribution in [2.45, 2.75) is 31.7 Å². The molecular formula is C13H18N4O. The molecule has 5 nitrogen and oxygen atoms in total. The second-order valence-electron chi connectivity index (χ2n) is 4.48. The zero-order valence-corrected chi connectivity index (χ0v) is 10.5. The van der Waals surface area contributed by atoms with E-state index in [-0.39, 0.29) is 6.04 Å².